The number of halogens is 1. The molecule has 2 rings (SSSR count). The molecule has 0 spiro atoms. The average molecular weight is 206 g/mol. The minimum Gasteiger partial charge on any atom is -0.398 e. The number of nitrogens with two attached hydrogens (primary N) is 1. The lowest BCUT2D eigenvalue weighted by atomic mass is 10.1. The van der Waals surface area contributed by atoms with E-state index in [1.54, 1.807) is 18.3 Å². The van der Waals surface area contributed by atoms with E-state index in [0.717, 1.165) is 11.3 Å². The summed E-state index contributed by atoms with van der Waals surface area (Å²) in [5.74, 6) is 0. The van der Waals surface area contributed by atoms with Crippen LogP contribution in [0.25, 0.3) is 11.3 Å². The molecule has 0 amide bonds. The number of benzene rings is 1. The summed E-state index contributed by atoms with van der Waals surface area (Å²) < 4.78 is 0. The Morgan fingerprint density at radius 1 is 1.21 bits per heavy atom. The zero-order chi connectivity index (χ0) is 9.97. The van der Waals surface area contributed by atoms with Gasteiger partial charge >= 0.3 is 0 Å². The molecule has 0 aliphatic heterocycles. The highest BCUT2D eigenvalue weighted by Crippen LogP contribution is 2.30. The number of nitrogen functional groups attached to an aromatic ring is 1. The Morgan fingerprint density at radius 3 is 2.79 bits per heavy atom. The smallest absolute Gasteiger partial charge is 0.116 e. The highest BCUT2D eigenvalue weighted by atomic mass is 35.5. The molecular formula is C10H8ClN3. The molecule has 2 aromatic rings. The molecule has 0 unspecified atom stereocenters. The van der Waals surface area contributed by atoms with E-state index in [9.17, 15) is 0 Å². The molecule has 14 heavy (non-hydrogen) atoms. The summed E-state index contributed by atoms with van der Waals surface area (Å²) in [4.78, 5) is 7.94. The van der Waals surface area contributed by atoms with Crippen molar-refractivity contribution in [2.75, 3.05) is 5.73 Å². The van der Waals surface area contributed by atoms with Crippen LogP contribution in [0.2, 0.25) is 5.02 Å². The second-order valence-electron chi connectivity index (χ2n) is 2.80. The van der Waals surface area contributed by atoms with Crippen molar-refractivity contribution in [1.29, 1.82) is 0 Å². The highest BCUT2D eigenvalue weighted by molar-refractivity contribution is 6.35. The van der Waals surface area contributed by atoms with Gasteiger partial charge in [-0.05, 0) is 12.1 Å². The lowest BCUT2D eigenvalue weighted by molar-refractivity contribution is 1.17. The fourth-order valence-electron chi connectivity index (χ4n) is 1.20. The quantitative estimate of drug-likeness (QED) is 0.728. The van der Waals surface area contributed by atoms with Crippen molar-refractivity contribution >= 4 is 17.3 Å². The standard InChI is InChI=1S/C10H8ClN3/c11-10-7(2-1-3-8(10)12)9-4-5-13-6-14-9/h1-6H,12H2. The number of hydrogen-bond donors (Lipinski definition) is 1. The van der Waals surface area contributed by atoms with Gasteiger partial charge in [0.05, 0.1) is 16.4 Å². The van der Waals surface area contributed by atoms with E-state index >= 15 is 0 Å². The number of anilines is 1. The number of rotatable bonds is 1. The van der Waals surface area contributed by atoms with Crippen molar-refractivity contribution < 1.29 is 0 Å². The van der Waals surface area contributed by atoms with Gasteiger partial charge < -0.3 is 5.73 Å². The number of aromatic nitrogens is 2. The maximum Gasteiger partial charge on any atom is 0.116 e. The van der Waals surface area contributed by atoms with Gasteiger partial charge in [-0.2, -0.15) is 0 Å². The maximum absolute atomic E-state index is 6.04. The fourth-order valence-corrected chi connectivity index (χ4v) is 1.42. The van der Waals surface area contributed by atoms with Gasteiger partial charge in [-0.15, -0.1) is 0 Å². The van der Waals surface area contributed by atoms with Crippen LogP contribution in [0.5, 0.6) is 0 Å². The van der Waals surface area contributed by atoms with Crippen molar-refractivity contribution in [2.45, 2.75) is 0 Å². The zero-order valence-electron chi connectivity index (χ0n) is 7.31. The van der Waals surface area contributed by atoms with Crippen LogP contribution in [0.1, 0.15) is 0 Å². The lowest BCUT2D eigenvalue weighted by Gasteiger charge is -2.04. The van der Waals surface area contributed by atoms with E-state index in [1.807, 2.05) is 12.1 Å². The van der Waals surface area contributed by atoms with Crippen LogP contribution in [0, 0.1) is 0 Å². The summed E-state index contributed by atoms with van der Waals surface area (Å²) in [5, 5.41) is 0.534. The third-order valence-corrected chi connectivity index (χ3v) is 2.31. The Bertz CT molecular complexity index is 442. The summed E-state index contributed by atoms with van der Waals surface area (Å²) in [6.45, 7) is 0. The largest absolute Gasteiger partial charge is 0.398 e. The molecule has 3 nitrogen and oxygen atoms in total. The first-order valence-electron chi connectivity index (χ1n) is 4.09. The molecule has 0 saturated carbocycles. The molecule has 1 aromatic heterocycles. The molecule has 4 heteroatoms. The van der Waals surface area contributed by atoms with Gasteiger partial charge in [0.25, 0.3) is 0 Å². The Labute approximate surface area is 86.6 Å². The van der Waals surface area contributed by atoms with E-state index in [4.69, 9.17) is 17.3 Å². The summed E-state index contributed by atoms with van der Waals surface area (Å²) in [6.07, 6.45) is 3.15. The molecule has 0 fully saturated rings. The second kappa shape index (κ2) is 3.64. The van der Waals surface area contributed by atoms with Crippen molar-refractivity contribution in [3.63, 3.8) is 0 Å². The summed E-state index contributed by atoms with van der Waals surface area (Å²) in [7, 11) is 0. The normalized spacial score (nSPS) is 10.1. The van der Waals surface area contributed by atoms with E-state index in [1.165, 1.54) is 6.33 Å². The zero-order valence-corrected chi connectivity index (χ0v) is 8.07. The van der Waals surface area contributed by atoms with Gasteiger partial charge in [0.1, 0.15) is 6.33 Å². The predicted octanol–water partition coefficient (Wildman–Crippen LogP) is 2.38. The van der Waals surface area contributed by atoms with Crippen molar-refractivity contribution in [3.8, 4) is 11.3 Å². The van der Waals surface area contributed by atoms with Crippen LogP contribution in [0.3, 0.4) is 0 Å². The molecule has 1 aromatic carbocycles. The molecule has 0 aliphatic carbocycles. The third-order valence-electron chi connectivity index (χ3n) is 1.89. The van der Waals surface area contributed by atoms with Crippen LogP contribution in [-0.2, 0) is 0 Å². The minimum atomic E-state index is 0.534. The molecule has 1 heterocycles. The molecule has 70 valence electrons. The van der Waals surface area contributed by atoms with Gasteiger partial charge in [-0.25, -0.2) is 9.97 Å². The van der Waals surface area contributed by atoms with Crippen molar-refractivity contribution in [3.05, 3.63) is 41.8 Å². The number of nitrogens with zero attached hydrogens (tertiary/aromatic N) is 2. The van der Waals surface area contributed by atoms with Crippen LogP contribution in [0.4, 0.5) is 5.69 Å². The molecular weight excluding hydrogens is 198 g/mol. The first-order valence-corrected chi connectivity index (χ1v) is 4.47. The minimum absolute atomic E-state index is 0.534. The molecule has 0 radical (unpaired) electrons. The molecule has 0 saturated heterocycles. The molecule has 0 atom stereocenters. The summed E-state index contributed by atoms with van der Waals surface area (Å²) >= 11 is 6.04. The van der Waals surface area contributed by atoms with Crippen molar-refractivity contribution in [2.24, 2.45) is 0 Å². The van der Waals surface area contributed by atoms with Gasteiger partial charge in [-0.3, -0.25) is 0 Å². The average Bonchev–Trinajstić information content (AvgIpc) is 2.23. The van der Waals surface area contributed by atoms with Crippen LogP contribution in [0.15, 0.2) is 36.8 Å². The summed E-state index contributed by atoms with van der Waals surface area (Å²) in [5.41, 5.74) is 7.84. The van der Waals surface area contributed by atoms with Gasteiger partial charge in [-0.1, -0.05) is 23.7 Å². The fraction of sp³-hybridized carbons (Fsp3) is 0. The van der Waals surface area contributed by atoms with E-state index in [0.29, 0.717) is 10.7 Å². The van der Waals surface area contributed by atoms with Gasteiger partial charge in [0.15, 0.2) is 0 Å². The van der Waals surface area contributed by atoms with Crippen LogP contribution < -0.4 is 5.73 Å². The highest BCUT2D eigenvalue weighted by Gasteiger charge is 2.05. The Kier molecular flexibility index (Phi) is 2.33. The lowest BCUT2D eigenvalue weighted by Crippen LogP contribution is -1.90. The number of hydrogen-bond acceptors (Lipinski definition) is 3. The van der Waals surface area contributed by atoms with E-state index < -0.39 is 0 Å². The first-order chi connectivity index (χ1) is 6.79. The van der Waals surface area contributed by atoms with Gasteiger partial charge in [0, 0.05) is 11.8 Å². The Hall–Kier alpha value is -1.61. The maximum atomic E-state index is 6.04. The van der Waals surface area contributed by atoms with Crippen LogP contribution in [-0.4, -0.2) is 9.97 Å². The Balaban J connectivity index is 2.58. The second-order valence-corrected chi connectivity index (χ2v) is 3.18. The Morgan fingerprint density at radius 2 is 2.07 bits per heavy atom. The molecule has 0 aliphatic rings. The monoisotopic (exact) mass is 205 g/mol. The SMILES string of the molecule is Nc1cccc(-c2ccncn2)c1Cl. The third kappa shape index (κ3) is 1.54. The van der Waals surface area contributed by atoms with E-state index in [-0.39, 0.29) is 0 Å². The molecule has 2 N–H and O–H groups in total. The van der Waals surface area contributed by atoms with E-state index in [2.05, 4.69) is 9.97 Å². The topological polar surface area (TPSA) is 51.8 Å². The van der Waals surface area contributed by atoms with Gasteiger partial charge in [0.2, 0.25) is 0 Å². The molecule has 0 bridgehead atoms. The summed E-state index contributed by atoms with van der Waals surface area (Å²) in [6, 6.07) is 7.27. The van der Waals surface area contributed by atoms with Crippen LogP contribution >= 0.6 is 11.6 Å². The predicted molar refractivity (Wildman–Crippen MR) is 56.9 cm³/mol. The van der Waals surface area contributed by atoms with Crippen molar-refractivity contribution in [1.82, 2.24) is 9.97 Å². The first kappa shape index (κ1) is 8.97.